The summed E-state index contributed by atoms with van der Waals surface area (Å²) in [6, 6.07) is 12.1. The number of carbonyl (C=O) groups is 2. The fourth-order valence-corrected chi connectivity index (χ4v) is 3.74. The normalized spacial score (nSPS) is 11.6. The molecule has 0 fully saturated rings. The molecule has 1 aromatic heterocycles. The zero-order valence-electron chi connectivity index (χ0n) is 14.8. The van der Waals surface area contributed by atoms with Crippen molar-refractivity contribution in [2.75, 3.05) is 14.2 Å². The molecule has 0 atom stereocenters. The highest BCUT2D eigenvalue weighted by molar-refractivity contribution is 7.16. The van der Waals surface area contributed by atoms with E-state index in [0.29, 0.717) is 27.7 Å². The van der Waals surface area contributed by atoms with Crippen molar-refractivity contribution >= 4 is 45.0 Å². The number of benzene rings is 2. The number of thiazole rings is 1. The Bertz CT molecular complexity index is 1050. The number of methoxy groups -OCH3 is 2. The van der Waals surface area contributed by atoms with E-state index in [9.17, 15) is 9.59 Å². The van der Waals surface area contributed by atoms with E-state index in [0.717, 1.165) is 10.2 Å². The van der Waals surface area contributed by atoms with Crippen LogP contribution in [0.1, 0.15) is 16.8 Å². The Morgan fingerprint density at radius 3 is 2.56 bits per heavy atom. The van der Waals surface area contributed by atoms with Crippen LogP contribution in [0.2, 0.25) is 5.02 Å². The average Bonchev–Trinajstić information content (AvgIpc) is 3.02. The van der Waals surface area contributed by atoms with Crippen LogP contribution in [0.25, 0.3) is 10.2 Å². The molecule has 8 heteroatoms. The van der Waals surface area contributed by atoms with Crippen molar-refractivity contribution in [1.29, 1.82) is 0 Å². The van der Waals surface area contributed by atoms with E-state index in [-0.39, 0.29) is 18.3 Å². The Hall–Kier alpha value is -2.64. The highest BCUT2D eigenvalue weighted by Crippen LogP contribution is 2.23. The fourth-order valence-electron chi connectivity index (χ4n) is 2.53. The molecule has 0 aliphatic rings. The lowest BCUT2D eigenvalue weighted by molar-refractivity contribution is -0.140. The Morgan fingerprint density at radius 2 is 1.89 bits per heavy atom. The zero-order valence-corrected chi connectivity index (χ0v) is 16.3. The van der Waals surface area contributed by atoms with E-state index < -0.39 is 0 Å². The van der Waals surface area contributed by atoms with Gasteiger partial charge in [0.05, 0.1) is 30.9 Å². The molecule has 0 unspecified atom stereocenters. The molecule has 1 heterocycles. The molecular formula is C19H17ClN2O4S. The molecule has 0 aliphatic carbocycles. The fraction of sp³-hybridized carbons (Fsp3) is 0.211. The minimum Gasteiger partial charge on any atom is -0.497 e. The quantitative estimate of drug-likeness (QED) is 0.608. The van der Waals surface area contributed by atoms with Crippen molar-refractivity contribution in [3.63, 3.8) is 0 Å². The summed E-state index contributed by atoms with van der Waals surface area (Å²) in [5.41, 5.74) is 1.31. The van der Waals surface area contributed by atoms with E-state index in [1.54, 1.807) is 31.4 Å². The zero-order chi connectivity index (χ0) is 19.4. The number of aromatic nitrogens is 1. The predicted molar refractivity (Wildman–Crippen MR) is 104 cm³/mol. The van der Waals surface area contributed by atoms with Gasteiger partial charge in [-0.1, -0.05) is 22.9 Å². The topological polar surface area (TPSA) is 69.9 Å². The highest BCUT2D eigenvalue weighted by Gasteiger charge is 2.12. The number of amides is 1. The van der Waals surface area contributed by atoms with Crippen LogP contribution in [0, 0.1) is 0 Å². The van der Waals surface area contributed by atoms with Crippen molar-refractivity contribution in [3.8, 4) is 5.75 Å². The van der Waals surface area contributed by atoms with Crippen molar-refractivity contribution in [3.05, 3.63) is 57.9 Å². The molecule has 3 rings (SSSR count). The molecule has 0 spiro atoms. The molecule has 0 saturated heterocycles. The van der Waals surface area contributed by atoms with Crippen LogP contribution >= 0.6 is 22.9 Å². The van der Waals surface area contributed by atoms with Gasteiger partial charge in [0.1, 0.15) is 5.75 Å². The maximum absolute atomic E-state index is 12.5. The lowest BCUT2D eigenvalue weighted by Gasteiger charge is -2.05. The summed E-state index contributed by atoms with van der Waals surface area (Å²) in [5.74, 6) is 0.00166. The number of halogens is 1. The molecular weight excluding hydrogens is 388 g/mol. The predicted octanol–water partition coefficient (Wildman–Crippen LogP) is 3.67. The number of esters is 1. The van der Waals surface area contributed by atoms with Gasteiger partial charge in [0.2, 0.25) is 0 Å². The molecule has 6 nitrogen and oxygen atoms in total. The standard InChI is InChI=1S/C19H17ClN2O4S/c1-25-14-7-8-15-16(11-14)27-19(22(15)10-9-17(23)26-2)21-18(24)12-3-5-13(20)6-4-12/h3-8,11H,9-10H2,1-2H3. The summed E-state index contributed by atoms with van der Waals surface area (Å²) < 4.78 is 12.7. The number of rotatable bonds is 5. The third-order valence-corrected chi connectivity index (χ3v) is 5.24. The first kappa shape index (κ1) is 19.1. The van der Waals surface area contributed by atoms with Gasteiger partial charge in [-0.15, -0.1) is 0 Å². The number of ether oxygens (including phenoxy) is 2. The summed E-state index contributed by atoms with van der Waals surface area (Å²) in [6.45, 7) is 0.353. The minimum absolute atomic E-state index is 0.177. The first-order valence-electron chi connectivity index (χ1n) is 8.10. The van der Waals surface area contributed by atoms with Gasteiger partial charge in [-0.3, -0.25) is 9.59 Å². The molecule has 140 valence electrons. The third-order valence-electron chi connectivity index (χ3n) is 3.95. The molecule has 27 heavy (non-hydrogen) atoms. The van der Waals surface area contributed by atoms with Gasteiger partial charge in [0.25, 0.3) is 5.91 Å². The molecule has 0 N–H and O–H groups in total. The van der Waals surface area contributed by atoms with Crippen LogP contribution in [-0.4, -0.2) is 30.7 Å². The largest absolute Gasteiger partial charge is 0.497 e. The van der Waals surface area contributed by atoms with Crippen molar-refractivity contribution in [2.45, 2.75) is 13.0 Å². The Kier molecular flexibility index (Phi) is 5.93. The van der Waals surface area contributed by atoms with E-state index >= 15 is 0 Å². The first-order chi connectivity index (χ1) is 13.0. The van der Waals surface area contributed by atoms with E-state index in [4.69, 9.17) is 21.1 Å². The monoisotopic (exact) mass is 404 g/mol. The van der Waals surface area contributed by atoms with Gasteiger partial charge in [-0.2, -0.15) is 4.99 Å². The second-order valence-corrected chi connectivity index (χ2v) is 7.07. The second kappa shape index (κ2) is 8.37. The molecule has 3 aromatic rings. The number of hydrogen-bond donors (Lipinski definition) is 0. The minimum atomic E-state index is -0.378. The number of carbonyl (C=O) groups excluding carboxylic acids is 2. The van der Waals surface area contributed by atoms with E-state index in [1.165, 1.54) is 18.4 Å². The maximum Gasteiger partial charge on any atom is 0.307 e. The van der Waals surface area contributed by atoms with Gasteiger partial charge >= 0.3 is 5.97 Å². The second-order valence-electron chi connectivity index (χ2n) is 5.62. The summed E-state index contributed by atoms with van der Waals surface area (Å²) in [6.07, 6.45) is 0.177. The van der Waals surface area contributed by atoms with E-state index in [2.05, 4.69) is 4.99 Å². The van der Waals surface area contributed by atoms with Crippen LogP contribution in [-0.2, 0) is 16.1 Å². The Balaban J connectivity index is 2.07. The molecule has 2 aromatic carbocycles. The molecule has 0 radical (unpaired) electrons. The number of fused-ring (bicyclic) bond motifs is 1. The SMILES string of the molecule is COC(=O)CCn1c(=NC(=O)c2ccc(Cl)cc2)sc2cc(OC)ccc21. The summed E-state index contributed by atoms with van der Waals surface area (Å²) in [4.78, 5) is 28.9. The highest BCUT2D eigenvalue weighted by atomic mass is 35.5. The summed E-state index contributed by atoms with van der Waals surface area (Å²) in [5, 5.41) is 0.550. The Morgan fingerprint density at radius 1 is 1.15 bits per heavy atom. The molecule has 0 saturated carbocycles. The van der Waals surface area contributed by atoms with Gasteiger partial charge in [-0.05, 0) is 42.5 Å². The third kappa shape index (κ3) is 4.37. The van der Waals surface area contributed by atoms with Crippen LogP contribution in [0.3, 0.4) is 0 Å². The smallest absolute Gasteiger partial charge is 0.307 e. The average molecular weight is 405 g/mol. The van der Waals surface area contributed by atoms with Crippen molar-refractivity contribution in [1.82, 2.24) is 4.57 Å². The van der Waals surface area contributed by atoms with Gasteiger partial charge in [-0.25, -0.2) is 0 Å². The number of hydrogen-bond acceptors (Lipinski definition) is 5. The van der Waals surface area contributed by atoms with Crippen LogP contribution < -0.4 is 9.54 Å². The molecule has 0 aliphatic heterocycles. The van der Waals surface area contributed by atoms with Crippen molar-refractivity contribution in [2.24, 2.45) is 4.99 Å². The lowest BCUT2D eigenvalue weighted by atomic mass is 10.2. The first-order valence-corrected chi connectivity index (χ1v) is 9.30. The summed E-state index contributed by atoms with van der Waals surface area (Å²) >= 11 is 7.22. The van der Waals surface area contributed by atoms with Gasteiger partial charge in [0.15, 0.2) is 4.80 Å². The maximum atomic E-state index is 12.5. The summed E-state index contributed by atoms with van der Waals surface area (Å²) in [7, 11) is 2.94. The lowest BCUT2D eigenvalue weighted by Crippen LogP contribution is -2.19. The number of nitrogens with zero attached hydrogens (tertiary/aromatic N) is 2. The molecule has 0 bridgehead atoms. The number of aryl methyl sites for hydroxylation is 1. The van der Waals surface area contributed by atoms with Gasteiger partial charge in [0, 0.05) is 17.1 Å². The van der Waals surface area contributed by atoms with Crippen LogP contribution in [0.4, 0.5) is 0 Å². The van der Waals surface area contributed by atoms with Crippen molar-refractivity contribution < 1.29 is 19.1 Å². The van der Waals surface area contributed by atoms with Crippen LogP contribution in [0.15, 0.2) is 47.5 Å². The Labute approximate surface area is 164 Å². The molecule has 1 amide bonds. The van der Waals surface area contributed by atoms with Gasteiger partial charge < -0.3 is 14.0 Å². The van der Waals surface area contributed by atoms with E-state index in [1.807, 2.05) is 22.8 Å². The van der Waals surface area contributed by atoms with Crippen LogP contribution in [0.5, 0.6) is 5.75 Å².